The van der Waals surface area contributed by atoms with Crippen LogP contribution in [0.5, 0.6) is 11.5 Å². The SMILES string of the molecule is C/C=C/C(=O)Oc1ccc([C@H]2NC(=O)c3ccccc3O2)cc1. The topological polar surface area (TPSA) is 64.6 Å². The number of allylic oxidation sites excluding steroid dienone is 1. The van der Waals surface area contributed by atoms with E-state index in [4.69, 9.17) is 9.47 Å². The van der Waals surface area contributed by atoms with Crippen molar-refractivity contribution in [3.8, 4) is 11.5 Å². The van der Waals surface area contributed by atoms with E-state index in [1.54, 1.807) is 55.5 Å². The Morgan fingerprint density at radius 1 is 1.17 bits per heavy atom. The lowest BCUT2D eigenvalue weighted by atomic mass is 10.1. The first-order valence-corrected chi connectivity index (χ1v) is 7.18. The highest BCUT2D eigenvalue weighted by atomic mass is 16.5. The molecule has 116 valence electrons. The van der Waals surface area contributed by atoms with Gasteiger partial charge in [0.15, 0.2) is 6.23 Å². The Balaban J connectivity index is 1.76. The molecule has 0 unspecified atom stereocenters. The lowest BCUT2D eigenvalue weighted by molar-refractivity contribution is -0.129. The van der Waals surface area contributed by atoms with Gasteiger partial charge < -0.3 is 14.8 Å². The van der Waals surface area contributed by atoms with Gasteiger partial charge in [0.1, 0.15) is 11.5 Å². The zero-order chi connectivity index (χ0) is 16.2. The van der Waals surface area contributed by atoms with Crippen LogP contribution in [0.1, 0.15) is 29.1 Å². The number of fused-ring (bicyclic) bond motifs is 1. The van der Waals surface area contributed by atoms with Gasteiger partial charge in [0.25, 0.3) is 5.91 Å². The summed E-state index contributed by atoms with van der Waals surface area (Å²) in [5, 5.41) is 2.79. The third kappa shape index (κ3) is 3.23. The number of hydrogen-bond acceptors (Lipinski definition) is 4. The molecule has 1 aliphatic heterocycles. The van der Waals surface area contributed by atoms with E-state index in [2.05, 4.69) is 5.32 Å². The number of rotatable bonds is 3. The second-order valence-corrected chi connectivity index (χ2v) is 4.96. The Bertz CT molecular complexity index is 765. The molecule has 0 bridgehead atoms. The summed E-state index contributed by atoms with van der Waals surface area (Å²) in [5.74, 6) is 0.362. The molecule has 0 saturated heterocycles. The maximum absolute atomic E-state index is 12.1. The van der Waals surface area contributed by atoms with Crippen molar-refractivity contribution in [3.05, 3.63) is 71.8 Å². The maximum atomic E-state index is 12.1. The number of ether oxygens (including phenoxy) is 2. The Morgan fingerprint density at radius 2 is 1.91 bits per heavy atom. The van der Waals surface area contributed by atoms with E-state index in [-0.39, 0.29) is 5.91 Å². The molecule has 1 aliphatic rings. The normalized spacial score (nSPS) is 16.4. The van der Waals surface area contributed by atoms with E-state index in [1.165, 1.54) is 6.08 Å². The summed E-state index contributed by atoms with van der Waals surface area (Å²) in [5.41, 5.74) is 1.28. The van der Waals surface area contributed by atoms with E-state index in [9.17, 15) is 9.59 Å². The second kappa shape index (κ2) is 6.36. The minimum absolute atomic E-state index is 0.180. The first-order chi connectivity index (χ1) is 11.2. The van der Waals surface area contributed by atoms with Crippen molar-refractivity contribution in [3.63, 3.8) is 0 Å². The van der Waals surface area contributed by atoms with Crippen LogP contribution < -0.4 is 14.8 Å². The number of carbonyl (C=O) groups excluding carboxylic acids is 2. The molecular formula is C18H15NO4. The van der Waals surface area contributed by atoms with E-state index < -0.39 is 12.2 Å². The Labute approximate surface area is 133 Å². The van der Waals surface area contributed by atoms with Crippen molar-refractivity contribution in [2.45, 2.75) is 13.2 Å². The average molecular weight is 309 g/mol. The Kier molecular flexibility index (Phi) is 4.10. The van der Waals surface area contributed by atoms with Crippen molar-refractivity contribution in [2.24, 2.45) is 0 Å². The summed E-state index contributed by atoms with van der Waals surface area (Å²) in [4.78, 5) is 23.5. The van der Waals surface area contributed by atoms with E-state index in [1.807, 2.05) is 6.07 Å². The van der Waals surface area contributed by atoms with Crippen LogP contribution in [0.3, 0.4) is 0 Å². The predicted molar refractivity (Wildman–Crippen MR) is 84.2 cm³/mol. The lowest BCUT2D eigenvalue weighted by Crippen LogP contribution is -2.36. The van der Waals surface area contributed by atoms with E-state index in [0.717, 1.165) is 5.56 Å². The van der Waals surface area contributed by atoms with Gasteiger partial charge in [-0.1, -0.05) is 18.2 Å². The largest absolute Gasteiger partial charge is 0.466 e. The van der Waals surface area contributed by atoms with Crippen LogP contribution in [0.2, 0.25) is 0 Å². The highest BCUT2D eigenvalue weighted by Crippen LogP contribution is 2.29. The average Bonchev–Trinajstić information content (AvgIpc) is 2.56. The smallest absolute Gasteiger partial charge is 0.335 e. The lowest BCUT2D eigenvalue weighted by Gasteiger charge is -2.26. The number of carbonyl (C=O) groups is 2. The van der Waals surface area contributed by atoms with Gasteiger partial charge in [-0.3, -0.25) is 4.79 Å². The number of esters is 1. The summed E-state index contributed by atoms with van der Waals surface area (Å²) >= 11 is 0. The van der Waals surface area contributed by atoms with Gasteiger partial charge >= 0.3 is 5.97 Å². The van der Waals surface area contributed by atoms with Crippen LogP contribution in [0.25, 0.3) is 0 Å². The molecule has 23 heavy (non-hydrogen) atoms. The standard InChI is InChI=1S/C18H15NO4/c1-2-5-16(20)22-13-10-8-12(9-11-13)18-19-17(21)14-6-3-4-7-15(14)23-18/h2-11,18H,1H3,(H,19,21)/b5-2+/t18-/m0/s1. The number of amides is 1. The molecule has 2 aromatic rings. The number of hydrogen-bond donors (Lipinski definition) is 1. The minimum Gasteiger partial charge on any atom is -0.466 e. The van der Waals surface area contributed by atoms with Gasteiger partial charge in [0.05, 0.1) is 5.56 Å². The van der Waals surface area contributed by atoms with Crippen molar-refractivity contribution >= 4 is 11.9 Å². The molecule has 0 fully saturated rings. The maximum Gasteiger partial charge on any atom is 0.335 e. The molecule has 5 nitrogen and oxygen atoms in total. The molecule has 1 heterocycles. The molecule has 1 atom stereocenters. The number of nitrogens with one attached hydrogen (secondary N) is 1. The molecule has 0 aromatic heterocycles. The molecule has 0 aliphatic carbocycles. The molecule has 0 saturated carbocycles. The molecule has 5 heteroatoms. The number of benzene rings is 2. The molecule has 0 spiro atoms. The van der Waals surface area contributed by atoms with Gasteiger partial charge in [-0.2, -0.15) is 0 Å². The molecule has 1 amide bonds. The van der Waals surface area contributed by atoms with Crippen LogP contribution in [-0.2, 0) is 4.79 Å². The fourth-order valence-electron chi connectivity index (χ4n) is 2.26. The highest BCUT2D eigenvalue weighted by molar-refractivity contribution is 5.98. The monoisotopic (exact) mass is 309 g/mol. The van der Waals surface area contributed by atoms with Crippen LogP contribution in [0.15, 0.2) is 60.7 Å². The van der Waals surface area contributed by atoms with Crippen LogP contribution in [-0.4, -0.2) is 11.9 Å². The van der Waals surface area contributed by atoms with Crippen molar-refractivity contribution in [2.75, 3.05) is 0 Å². The predicted octanol–water partition coefficient (Wildman–Crippen LogP) is 2.99. The fraction of sp³-hybridized carbons (Fsp3) is 0.111. The highest BCUT2D eigenvalue weighted by Gasteiger charge is 2.26. The molecule has 2 aromatic carbocycles. The van der Waals surface area contributed by atoms with Crippen LogP contribution >= 0.6 is 0 Å². The Morgan fingerprint density at radius 3 is 2.65 bits per heavy atom. The zero-order valence-electron chi connectivity index (χ0n) is 12.5. The second-order valence-electron chi connectivity index (χ2n) is 4.96. The molecular weight excluding hydrogens is 294 g/mol. The van der Waals surface area contributed by atoms with Crippen molar-refractivity contribution < 1.29 is 19.1 Å². The fourth-order valence-corrected chi connectivity index (χ4v) is 2.26. The van der Waals surface area contributed by atoms with Crippen LogP contribution in [0.4, 0.5) is 0 Å². The first-order valence-electron chi connectivity index (χ1n) is 7.18. The Hall–Kier alpha value is -3.08. The van der Waals surface area contributed by atoms with Gasteiger partial charge in [-0.25, -0.2) is 4.79 Å². The number of para-hydroxylation sites is 1. The summed E-state index contributed by atoms with van der Waals surface area (Å²) < 4.78 is 10.9. The summed E-state index contributed by atoms with van der Waals surface area (Å²) in [6.07, 6.45) is 2.38. The minimum atomic E-state index is -0.572. The van der Waals surface area contributed by atoms with E-state index >= 15 is 0 Å². The van der Waals surface area contributed by atoms with Crippen molar-refractivity contribution in [1.29, 1.82) is 0 Å². The quantitative estimate of drug-likeness (QED) is 0.538. The third-order valence-corrected chi connectivity index (χ3v) is 3.34. The molecule has 1 N–H and O–H groups in total. The van der Waals surface area contributed by atoms with Gasteiger partial charge in [0, 0.05) is 11.6 Å². The third-order valence-electron chi connectivity index (χ3n) is 3.34. The summed E-state index contributed by atoms with van der Waals surface area (Å²) in [6.45, 7) is 1.74. The zero-order valence-corrected chi connectivity index (χ0v) is 12.5. The summed E-state index contributed by atoms with van der Waals surface area (Å²) in [6, 6.07) is 13.9. The first kappa shape index (κ1) is 14.8. The van der Waals surface area contributed by atoms with Crippen molar-refractivity contribution in [1.82, 2.24) is 5.32 Å². The molecule has 3 rings (SSSR count). The van der Waals surface area contributed by atoms with Gasteiger partial charge in [-0.05, 0) is 43.3 Å². The van der Waals surface area contributed by atoms with Gasteiger partial charge in [0.2, 0.25) is 0 Å². The summed E-state index contributed by atoms with van der Waals surface area (Å²) in [7, 11) is 0. The van der Waals surface area contributed by atoms with E-state index in [0.29, 0.717) is 17.1 Å². The van der Waals surface area contributed by atoms with Crippen LogP contribution in [0, 0.1) is 0 Å². The van der Waals surface area contributed by atoms with Gasteiger partial charge in [-0.15, -0.1) is 0 Å². The molecule has 0 radical (unpaired) electrons.